The van der Waals surface area contributed by atoms with E-state index in [2.05, 4.69) is 15.3 Å². The average Bonchev–Trinajstić information content (AvgIpc) is 3.28. The Morgan fingerprint density at radius 3 is 2.42 bits per heavy atom. The maximum absolute atomic E-state index is 12.9. The normalized spacial score (nSPS) is 11.5. The molecule has 2 aromatic carbocycles. The summed E-state index contributed by atoms with van der Waals surface area (Å²) in [4.78, 5) is 23.0. The number of anilines is 1. The molecule has 1 N–H and O–H groups in total. The number of pyridine rings is 1. The van der Waals surface area contributed by atoms with Gasteiger partial charge in [-0.2, -0.15) is 0 Å². The summed E-state index contributed by atoms with van der Waals surface area (Å²) < 4.78 is 25.6. The minimum absolute atomic E-state index is 0.208. The van der Waals surface area contributed by atoms with E-state index in [1.807, 2.05) is 35.7 Å². The summed E-state index contributed by atoms with van der Waals surface area (Å²) in [7, 11) is -0.512. The van der Waals surface area contributed by atoms with Crippen LogP contribution in [0.5, 0.6) is 0 Å². The molecule has 0 aliphatic carbocycles. The molecule has 0 spiro atoms. The van der Waals surface area contributed by atoms with Gasteiger partial charge in [0.1, 0.15) is 5.03 Å². The topological polar surface area (TPSA) is 92.3 Å². The van der Waals surface area contributed by atoms with Crippen molar-refractivity contribution in [3.8, 4) is 11.3 Å². The third kappa shape index (κ3) is 5.31. The molecule has 10 heteroatoms. The van der Waals surface area contributed by atoms with E-state index >= 15 is 0 Å². The number of carbonyl (C=O) groups excluding carboxylic acids is 1. The van der Waals surface area contributed by atoms with Gasteiger partial charge in [0, 0.05) is 36.1 Å². The second-order valence-electron chi connectivity index (χ2n) is 7.08. The lowest BCUT2D eigenvalue weighted by atomic mass is 10.2. The van der Waals surface area contributed by atoms with Crippen LogP contribution in [-0.4, -0.2) is 42.7 Å². The van der Waals surface area contributed by atoms with Crippen LogP contribution in [0.2, 0.25) is 0 Å². The monoisotopic (exact) mass is 496 g/mol. The summed E-state index contributed by atoms with van der Waals surface area (Å²) in [5.74, 6) is -0.296. The molecule has 33 heavy (non-hydrogen) atoms. The first kappa shape index (κ1) is 23.1. The Kier molecular flexibility index (Phi) is 6.89. The Balaban J connectivity index is 1.50. The molecule has 0 fully saturated rings. The van der Waals surface area contributed by atoms with Crippen LogP contribution < -0.4 is 5.32 Å². The van der Waals surface area contributed by atoms with Gasteiger partial charge in [-0.15, -0.1) is 11.3 Å². The SMILES string of the molecule is CN(C)S(=O)(=O)c1ccc(-c2csc(NC(=O)c3cccnc3Sc3ccccc3)n2)cc1. The molecular weight excluding hydrogens is 476 g/mol. The number of thiazole rings is 1. The van der Waals surface area contributed by atoms with Crippen molar-refractivity contribution < 1.29 is 13.2 Å². The molecule has 0 saturated heterocycles. The van der Waals surface area contributed by atoms with E-state index in [9.17, 15) is 13.2 Å². The molecule has 2 heterocycles. The van der Waals surface area contributed by atoms with Crippen molar-refractivity contribution in [2.45, 2.75) is 14.8 Å². The second kappa shape index (κ2) is 9.84. The zero-order valence-electron chi connectivity index (χ0n) is 17.8. The summed E-state index contributed by atoms with van der Waals surface area (Å²) in [6, 6.07) is 19.7. The van der Waals surface area contributed by atoms with Crippen molar-refractivity contribution in [1.29, 1.82) is 0 Å². The number of sulfonamides is 1. The van der Waals surface area contributed by atoms with E-state index in [-0.39, 0.29) is 10.8 Å². The summed E-state index contributed by atoms with van der Waals surface area (Å²) in [6.07, 6.45) is 1.66. The van der Waals surface area contributed by atoms with Crippen molar-refractivity contribution in [2.75, 3.05) is 19.4 Å². The minimum Gasteiger partial charge on any atom is -0.298 e. The van der Waals surface area contributed by atoms with Crippen LogP contribution in [0.4, 0.5) is 5.13 Å². The highest BCUT2D eigenvalue weighted by Gasteiger charge is 2.18. The van der Waals surface area contributed by atoms with Crippen molar-refractivity contribution in [3.63, 3.8) is 0 Å². The molecule has 0 saturated carbocycles. The quantitative estimate of drug-likeness (QED) is 0.393. The first-order valence-electron chi connectivity index (χ1n) is 9.82. The number of amides is 1. The highest BCUT2D eigenvalue weighted by Crippen LogP contribution is 2.30. The molecule has 0 aliphatic rings. The van der Waals surface area contributed by atoms with Crippen molar-refractivity contribution in [1.82, 2.24) is 14.3 Å². The Bertz CT molecular complexity index is 1370. The summed E-state index contributed by atoms with van der Waals surface area (Å²) in [5.41, 5.74) is 1.86. The van der Waals surface area contributed by atoms with Crippen molar-refractivity contribution >= 4 is 44.2 Å². The largest absolute Gasteiger partial charge is 0.298 e. The predicted octanol–water partition coefficient (Wildman–Crippen LogP) is 4.86. The standard InChI is InChI=1S/C23H20N4O3S3/c1-27(2)33(29,30)18-12-10-16(11-13-18)20-15-31-23(25-20)26-21(28)19-9-6-14-24-22(19)32-17-7-4-3-5-8-17/h3-15H,1-2H3,(H,25,26,28). The third-order valence-corrected chi connectivity index (χ3v) is 8.24. The maximum atomic E-state index is 12.9. The first-order valence-corrected chi connectivity index (χ1v) is 13.0. The number of hydrogen-bond acceptors (Lipinski definition) is 7. The number of nitrogens with zero attached hydrogens (tertiary/aromatic N) is 3. The Labute approximate surface area is 200 Å². The number of nitrogens with one attached hydrogen (secondary N) is 1. The number of carbonyl (C=O) groups is 1. The van der Waals surface area contributed by atoms with Gasteiger partial charge in [0.25, 0.3) is 5.91 Å². The lowest BCUT2D eigenvalue weighted by molar-refractivity contribution is 0.102. The fourth-order valence-corrected chi connectivity index (χ4v) is 5.40. The number of benzene rings is 2. The van der Waals surface area contributed by atoms with Gasteiger partial charge in [0.05, 0.1) is 16.2 Å². The highest BCUT2D eigenvalue weighted by atomic mass is 32.2. The maximum Gasteiger partial charge on any atom is 0.260 e. The first-order chi connectivity index (χ1) is 15.8. The van der Waals surface area contributed by atoms with Crippen LogP contribution in [0.25, 0.3) is 11.3 Å². The molecule has 168 valence electrons. The fourth-order valence-electron chi connectivity index (χ4n) is 2.88. The van der Waals surface area contributed by atoms with Gasteiger partial charge in [-0.05, 0) is 36.4 Å². The van der Waals surface area contributed by atoms with E-state index in [4.69, 9.17) is 0 Å². The Hall–Kier alpha value is -3.05. The molecule has 0 aliphatic heterocycles. The van der Waals surface area contributed by atoms with Gasteiger partial charge in [0.15, 0.2) is 5.13 Å². The van der Waals surface area contributed by atoms with E-state index in [1.54, 1.807) is 42.6 Å². The van der Waals surface area contributed by atoms with Gasteiger partial charge < -0.3 is 0 Å². The van der Waals surface area contributed by atoms with Gasteiger partial charge >= 0.3 is 0 Å². The lowest BCUT2D eigenvalue weighted by Crippen LogP contribution is -2.22. The molecular formula is C23H20N4O3S3. The molecule has 0 unspecified atom stereocenters. The molecule has 1 amide bonds. The van der Waals surface area contributed by atoms with Crippen LogP contribution >= 0.6 is 23.1 Å². The van der Waals surface area contributed by atoms with E-state index in [0.717, 1.165) is 10.5 Å². The minimum atomic E-state index is -3.49. The van der Waals surface area contributed by atoms with Crippen molar-refractivity contribution in [3.05, 3.63) is 83.9 Å². The van der Waals surface area contributed by atoms with Gasteiger partial charge in [-0.3, -0.25) is 10.1 Å². The van der Waals surface area contributed by atoms with E-state index in [0.29, 0.717) is 21.4 Å². The second-order valence-corrected chi connectivity index (χ2v) is 11.1. The summed E-state index contributed by atoms with van der Waals surface area (Å²) >= 11 is 2.71. The number of aromatic nitrogens is 2. The summed E-state index contributed by atoms with van der Waals surface area (Å²) in [6.45, 7) is 0. The molecule has 4 aromatic rings. The molecule has 7 nitrogen and oxygen atoms in total. The molecule has 0 radical (unpaired) electrons. The lowest BCUT2D eigenvalue weighted by Gasteiger charge is -2.11. The summed E-state index contributed by atoms with van der Waals surface area (Å²) in [5, 5.41) is 5.70. The van der Waals surface area contributed by atoms with Gasteiger partial charge in [0.2, 0.25) is 10.0 Å². The van der Waals surface area contributed by atoms with Crippen LogP contribution in [0.15, 0.2) is 93.1 Å². The predicted molar refractivity (Wildman–Crippen MR) is 131 cm³/mol. The van der Waals surface area contributed by atoms with Crippen molar-refractivity contribution in [2.24, 2.45) is 0 Å². The smallest absolute Gasteiger partial charge is 0.260 e. The highest BCUT2D eigenvalue weighted by molar-refractivity contribution is 7.99. The Morgan fingerprint density at radius 1 is 1.00 bits per heavy atom. The Morgan fingerprint density at radius 2 is 1.73 bits per heavy atom. The van der Waals surface area contributed by atoms with Gasteiger partial charge in [-0.25, -0.2) is 22.7 Å². The molecule has 2 aromatic heterocycles. The molecule has 4 rings (SSSR count). The van der Waals surface area contributed by atoms with Crippen LogP contribution in [-0.2, 0) is 10.0 Å². The van der Waals surface area contributed by atoms with Crippen LogP contribution in [0.1, 0.15) is 10.4 Å². The zero-order chi connectivity index (χ0) is 23.4. The number of rotatable bonds is 7. The van der Waals surface area contributed by atoms with Crippen LogP contribution in [0.3, 0.4) is 0 Å². The third-order valence-electron chi connectivity index (χ3n) is 4.63. The number of hydrogen-bond donors (Lipinski definition) is 1. The van der Waals surface area contributed by atoms with E-state index < -0.39 is 10.0 Å². The van der Waals surface area contributed by atoms with Crippen LogP contribution in [0, 0.1) is 0 Å². The molecule has 0 bridgehead atoms. The van der Waals surface area contributed by atoms with E-state index in [1.165, 1.54) is 41.5 Å². The fraction of sp³-hybridized carbons (Fsp3) is 0.0870. The molecule has 0 atom stereocenters. The van der Waals surface area contributed by atoms with Gasteiger partial charge in [-0.1, -0.05) is 42.1 Å². The zero-order valence-corrected chi connectivity index (χ0v) is 20.2. The average molecular weight is 497 g/mol.